The molecule has 0 fully saturated rings. The van der Waals surface area contributed by atoms with Crippen molar-refractivity contribution in [1.29, 1.82) is 0 Å². The first-order valence-corrected chi connectivity index (χ1v) is 6.51. The number of aromatic nitrogens is 3. The maximum Gasteiger partial charge on any atom is 0.340 e. The molecule has 1 heterocycles. The lowest BCUT2D eigenvalue weighted by Gasteiger charge is -2.04. The molecule has 0 unspecified atom stereocenters. The minimum Gasteiger partial charge on any atom is -0.506 e. The van der Waals surface area contributed by atoms with E-state index in [0.29, 0.717) is 27.8 Å². The highest BCUT2D eigenvalue weighted by atomic mass is 16.5. The Labute approximate surface area is 125 Å². The summed E-state index contributed by atoms with van der Waals surface area (Å²) in [6.07, 6.45) is 0. The van der Waals surface area contributed by atoms with Crippen LogP contribution in [0.1, 0.15) is 15.9 Å². The SMILES string of the molecule is COC(=O)c1cccc2nn(-c3cc(CO)ccc3O)nc12. The van der Waals surface area contributed by atoms with E-state index in [9.17, 15) is 15.0 Å². The zero-order valence-corrected chi connectivity index (χ0v) is 11.7. The molecule has 0 aliphatic rings. The number of phenolic OH excluding ortho intramolecular Hbond substituents is 1. The number of fused-ring (bicyclic) bond motifs is 1. The van der Waals surface area contributed by atoms with Gasteiger partial charge in [-0.15, -0.1) is 15.0 Å². The van der Waals surface area contributed by atoms with Gasteiger partial charge in [-0.2, -0.15) is 0 Å². The van der Waals surface area contributed by atoms with Crippen molar-refractivity contribution in [2.45, 2.75) is 6.61 Å². The van der Waals surface area contributed by atoms with Crippen molar-refractivity contribution >= 4 is 17.0 Å². The summed E-state index contributed by atoms with van der Waals surface area (Å²) in [7, 11) is 1.29. The van der Waals surface area contributed by atoms with Gasteiger partial charge in [-0.1, -0.05) is 12.1 Å². The quantitative estimate of drug-likeness (QED) is 0.710. The number of rotatable bonds is 3. The molecule has 112 valence electrons. The molecule has 0 aliphatic heterocycles. The van der Waals surface area contributed by atoms with E-state index < -0.39 is 5.97 Å². The van der Waals surface area contributed by atoms with Crippen molar-refractivity contribution < 1.29 is 19.7 Å². The highest BCUT2D eigenvalue weighted by molar-refractivity contribution is 6.01. The van der Waals surface area contributed by atoms with Crippen molar-refractivity contribution in [3.05, 3.63) is 47.5 Å². The van der Waals surface area contributed by atoms with Gasteiger partial charge in [0.05, 0.1) is 19.3 Å². The van der Waals surface area contributed by atoms with Crippen LogP contribution in [0.4, 0.5) is 0 Å². The normalized spacial score (nSPS) is 10.8. The lowest BCUT2D eigenvalue weighted by Crippen LogP contribution is -2.03. The Morgan fingerprint density at radius 1 is 1.27 bits per heavy atom. The molecule has 0 bridgehead atoms. The molecule has 0 atom stereocenters. The van der Waals surface area contributed by atoms with Crippen LogP contribution in [0.25, 0.3) is 16.7 Å². The summed E-state index contributed by atoms with van der Waals surface area (Å²) in [6, 6.07) is 9.61. The van der Waals surface area contributed by atoms with Gasteiger partial charge in [0, 0.05) is 0 Å². The van der Waals surface area contributed by atoms with Gasteiger partial charge < -0.3 is 14.9 Å². The second-order valence-electron chi connectivity index (χ2n) is 4.64. The first-order chi connectivity index (χ1) is 10.6. The van der Waals surface area contributed by atoms with Crippen LogP contribution in [0.2, 0.25) is 0 Å². The molecule has 2 aromatic carbocycles. The monoisotopic (exact) mass is 299 g/mol. The van der Waals surface area contributed by atoms with Gasteiger partial charge in [-0.25, -0.2) is 4.79 Å². The number of carbonyl (C=O) groups is 1. The molecule has 3 rings (SSSR count). The fourth-order valence-electron chi connectivity index (χ4n) is 2.15. The number of hydrogen-bond acceptors (Lipinski definition) is 6. The lowest BCUT2D eigenvalue weighted by molar-refractivity contribution is 0.0602. The number of aliphatic hydroxyl groups excluding tert-OH is 1. The maximum atomic E-state index is 11.8. The van der Waals surface area contributed by atoms with Crippen molar-refractivity contribution in [2.75, 3.05) is 7.11 Å². The molecular formula is C15H13N3O4. The predicted molar refractivity (Wildman–Crippen MR) is 77.8 cm³/mol. The summed E-state index contributed by atoms with van der Waals surface area (Å²) in [6.45, 7) is -0.165. The average Bonchev–Trinajstić information content (AvgIpc) is 2.98. The highest BCUT2D eigenvalue weighted by Crippen LogP contribution is 2.24. The number of nitrogens with zero attached hydrogens (tertiary/aromatic N) is 3. The number of aliphatic hydroxyl groups is 1. The highest BCUT2D eigenvalue weighted by Gasteiger charge is 2.16. The molecule has 0 saturated carbocycles. The number of methoxy groups -OCH3 is 1. The minimum atomic E-state index is -0.508. The Hall–Kier alpha value is -2.93. The molecule has 22 heavy (non-hydrogen) atoms. The maximum absolute atomic E-state index is 11.8. The van der Waals surface area contributed by atoms with Crippen LogP contribution in [0.3, 0.4) is 0 Å². The number of hydrogen-bond donors (Lipinski definition) is 2. The van der Waals surface area contributed by atoms with Crippen LogP contribution in [-0.2, 0) is 11.3 Å². The fraction of sp³-hybridized carbons (Fsp3) is 0.133. The second-order valence-corrected chi connectivity index (χ2v) is 4.64. The molecule has 2 N–H and O–H groups in total. The number of benzene rings is 2. The van der Waals surface area contributed by atoms with Gasteiger partial charge in [0.25, 0.3) is 0 Å². The Morgan fingerprint density at radius 3 is 2.82 bits per heavy atom. The van der Waals surface area contributed by atoms with E-state index in [1.165, 1.54) is 18.0 Å². The molecule has 0 aliphatic carbocycles. The smallest absolute Gasteiger partial charge is 0.340 e. The number of phenols is 1. The molecule has 0 spiro atoms. The van der Waals surface area contributed by atoms with Crippen LogP contribution < -0.4 is 0 Å². The second kappa shape index (κ2) is 5.45. The molecule has 7 heteroatoms. The first-order valence-electron chi connectivity index (χ1n) is 6.51. The number of aromatic hydroxyl groups is 1. The van der Waals surface area contributed by atoms with E-state index >= 15 is 0 Å². The van der Waals surface area contributed by atoms with E-state index in [1.54, 1.807) is 30.3 Å². The van der Waals surface area contributed by atoms with E-state index in [4.69, 9.17) is 4.74 Å². The average molecular weight is 299 g/mol. The largest absolute Gasteiger partial charge is 0.506 e. The van der Waals surface area contributed by atoms with Gasteiger partial charge >= 0.3 is 5.97 Å². The molecule has 1 aromatic heterocycles. The van der Waals surface area contributed by atoms with Crippen LogP contribution in [-0.4, -0.2) is 38.3 Å². The van der Waals surface area contributed by atoms with E-state index in [1.807, 2.05) is 0 Å². The third-order valence-electron chi connectivity index (χ3n) is 3.26. The molecular weight excluding hydrogens is 286 g/mol. The molecule has 0 amide bonds. The number of esters is 1. The molecule has 7 nitrogen and oxygen atoms in total. The summed E-state index contributed by atoms with van der Waals surface area (Å²) in [5.74, 6) is -0.539. The Balaban J connectivity index is 2.19. The Bertz CT molecular complexity index is 857. The zero-order chi connectivity index (χ0) is 15.7. The van der Waals surface area contributed by atoms with Crippen molar-refractivity contribution in [2.24, 2.45) is 0 Å². The van der Waals surface area contributed by atoms with E-state index in [-0.39, 0.29) is 12.4 Å². The fourth-order valence-corrected chi connectivity index (χ4v) is 2.15. The topological polar surface area (TPSA) is 97.5 Å². The molecule has 0 radical (unpaired) electrons. The van der Waals surface area contributed by atoms with Crippen molar-refractivity contribution in [3.63, 3.8) is 0 Å². The van der Waals surface area contributed by atoms with E-state index in [2.05, 4.69) is 10.2 Å². The summed E-state index contributed by atoms with van der Waals surface area (Å²) in [5.41, 5.74) is 2.10. The Kier molecular flexibility index (Phi) is 3.48. The zero-order valence-electron chi connectivity index (χ0n) is 11.7. The van der Waals surface area contributed by atoms with Crippen LogP contribution in [0, 0.1) is 0 Å². The van der Waals surface area contributed by atoms with Gasteiger partial charge in [0.15, 0.2) is 0 Å². The summed E-state index contributed by atoms with van der Waals surface area (Å²) in [4.78, 5) is 13.0. The first kappa shape index (κ1) is 14.0. The van der Waals surface area contributed by atoms with Crippen molar-refractivity contribution in [1.82, 2.24) is 15.0 Å². The number of ether oxygens (including phenoxy) is 1. The van der Waals surface area contributed by atoms with Gasteiger partial charge in [0.2, 0.25) is 0 Å². The Morgan fingerprint density at radius 2 is 2.09 bits per heavy atom. The summed E-state index contributed by atoms with van der Waals surface area (Å²) < 4.78 is 4.72. The van der Waals surface area contributed by atoms with Crippen molar-refractivity contribution in [3.8, 4) is 11.4 Å². The lowest BCUT2D eigenvalue weighted by atomic mass is 10.2. The van der Waals surface area contributed by atoms with Gasteiger partial charge in [-0.3, -0.25) is 0 Å². The van der Waals surface area contributed by atoms with Crippen LogP contribution >= 0.6 is 0 Å². The third-order valence-corrected chi connectivity index (χ3v) is 3.26. The predicted octanol–water partition coefficient (Wildman–Crippen LogP) is 1.40. The number of carbonyl (C=O) groups excluding carboxylic acids is 1. The molecule has 0 saturated heterocycles. The standard InChI is InChI=1S/C15H13N3O4/c1-22-15(21)10-3-2-4-11-14(10)17-18(16-11)12-7-9(8-19)5-6-13(12)20/h2-7,19-20H,8H2,1H3. The summed E-state index contributed by atoms with van der Waals surface area (Å²) >= 11 is 0. The van der Waals surface area contributed by atoms with Crippen LogP contribution in [0.5, 0.6) is 5.75 Å². The summed E-state index contributed by atoms with van der Waals surface area (Å²) in [5, 5.41) is 27.7. The van der Waals surface area contributed by atoms with Gasteiger partial charge in [0.1, 0.15) is 22.5 Å². The molecule has 3 aromatic rings. The third kappa shape index (κ3) is 2.27. The van der Waals surface area contributed by atoms with E-state index in [0.717, 1.165) is 0 Å². The van der Waals surface area contributed by atoms with Gasteiger partial charge in [-0.05, 0) is 29.8 Å². The minimum absolute atomic E-state index is 0.0304. The van der Waals surface area contributed by atoms with Crippen LogP contribution in [0.15, 0.2) is 36.4 Å².